The van der Waals surface area contributed by atoms with Crippen LogP contribution in [-0.4, -0.2) is 50.0 Å². The number of carboxylic acids is 1. The second-order valence-corrected chi connectivity index (χ2v) is 3.48. The zero-order chi connectivity index (χ0) is 13.7. The lowest BCUT2D eigenvalue weighted by Crippen LogP contribution is -2.45. The molecule has 0 bridgehead atoms. The van der Waals surface area contributed by atoms with Gasteiger partial charge in [0.2, 0.25) is 0 Å². The molecule has 0 aliphatic heterocycles. The summed E-state index contributed by atoms with van der Waals surface area (Å²) < 4.78 is 0. The van der Waals surface area contributed by atoms with Crippen molar-refractivity contribution in [3.05, 3.63) is 11.4 Å². The third kappa shape index (κ3) is 3.63. The van der Waals surface area contributed by atoms with Crippen molar-refractivity contribution in [2.45, 2.75) is 19.9 Å². The number of carbonyl (C=O) groups excluding carboxylic acids is 1. The lowest BCUT2D eigenvalue weighted by molar-refractivity contribution is -0.140. The van der Waals surface area contributed by atoms with Crippen LogP contribution >= 0.6 is 0 Å². The first kappa shape index (κ1) is 13.8. The zero-order valence-electron chi connectivity index (χ0n) is 9.84. The van der Waals surface area contributed by atoms with E-state index in [1.54, 1.807) is 13.8 Å². The Bertz CT molecular complexity index is 464. The Morgan fingerprint density at radius 2 is 1.94 bits per heavy atom. The number of rotatable bonds is 4. The quantitative estimate of drug-likeness (QED) is 0.544. The molecule has 1 rings (SSSR count). The standard InChI is InChI=1S/C9H13N5O4/c1-4-5(2)13-14-8(10-4)12-9(18)11-6(3-15)7(16)17/h6,15H,3H2,1-2H3,(H,16,17)(H2,10,11,12,14,18)/t6-/m0/s1. The number of carbonyl (C=O) groups is 2. The number of aliphatic hydroxyl groups is 1. The number of nitrogens with zero attached hydrogens (tertiary/aromatic N) is 3. The minimum Gasteiger partial charge on any atom is -0.480 e. The van der Waals surface area contributed by atoms with Crippen molar-refractivity contribution in [2.75, 3.05) is 11.9 Å². The fraction of sp³-hybridized carbons (Fsp3) is 0.444. The molecule has 1 aromatic heterocycles. The predicted octanol–water partition coefficient (Wildman–Crippen LogP) is -0.945. The van der Waals surface area contributed by atoms with Gasteiger partial charge in [-0.3, -0.25) is 5.32 Å². The lowest BCUT2D eigenvalue weighted by Gasteiger charge is -2.11. The predicted molar refractivity (Wildman–Crippen MR) is 60.0 cm³/mol. The molecule has 1 atom stereocenters. The smallest absolute Gasteiger partial charge is 0.328 e. The molecule has 2 amide bonds. The maximum atomic E-state index is 11.4. The molecule has 4 N–H and O–H groups in total. The van der Waals surface area contributed by atoms with Gasteiger partial charge in [-0.15, -0.1) is 5.10 Å². The summed E-state index contributed by atoms with van der Waals surface area (Å²) in [5.41, 5.74) is 1.22. The zero-order valence-corrected chi connectivity index (χ0v) is 9.84. The minimum atomic E-state index is -1.38. The molecular formula is C9H13N5O4. The largest absolute Gasteiger partial charge is 0.480 e. The number of aromatic nitrogens is 3. The molecule has 0 saturated carbocycles. The van der Waals surface area contributed by atoms with Gasteiger partial charge in [-0.1, -0.05) is 0 Å². The van der Waals surface area contributed by atoms with Gasteiger partial charge >= 0.3 is 12.0 Å². The summed E-state index contributed by atoms with van der Waals surface area (Å²) in [5.74, 6) is -1.38. The molecule has 0 aromatic carbocycles. The molecule has 9 heteroatoms. The molecule has 1 aromatic rings. The van der Waals surface area contributed by atoms with Crippen molar-refractivity contribution in [2.24, 2.45) is 0 Å². The Labute approximate surface area is 102 Å². The number of aryl methyl sites for hydroxylation is 2. The van der Waals surface area contributed by atoms with E-state index in [9.17, 15) is 9.59 Å². The Morgan fingerprint density at radius 1 is 1.28 bits per heavy atom. The molecule has 0 saturated heterocycles. The Balaban J connectivity index is 2.64. The molecule has 0 radical (unpaired) electrons. The van der Waals surface area contributed by atoms with Gasteiger partial charge in [-0.2, -0.15) is 5.10 Å². The fourth-order valence-corrected chi connectivity index (χ4v) is 0.991. The Hall–Kier alpha value is -2.29. The normalized spacial score (nSPS) is 11.7. The van der Waals surface area contributed by atoms with Gasteiger partial charge in [0.25, 0.3) is 5.95 Å². The van der Waals surface area contributed by atoms with Crippen LogP contribution in [0.2, 0.25) is 0 Å². The molecule has 0 unspecified atom stereocenters. The van der Waals surface area contributed by atoms with E-state index in [1.807, 2.05) is 5.32 Å². The van der Waals surface area contributed by atoms with Crippen LogP contribution < -0.4 is 10.6 Å². The van der Waals surface area contributed by atoms with Gasteiger partial charge in [0.05, 0.1) is 18.0 Å². The number of hydrogen-bond donors (Lipinski definition) is 4. The third-order valence-electron chi connectivity index (χ3n) is 2.10. The van der Waals surface area contributed by atoms with Crippen LogP contribution in [0.15, 0.2) is 0 Å². The Morgan fingerprint density at radius 3 is 2.44 bits per heavy atom. The summed E-state index contributed by atoms with van der Waals surface area (Å²) in [6.45, 7) is 2.70. The van der Waals surface area contributed by atoms with E-state index in [0.29, 0.717) is 11.4 Å². The summed E-state index contributed by atoms with van der Waals surface area (Å²) in [4.78, 5) is 25.9. The first-order valence-electron chi connectivity index (χ1n) is 5.03. The molecule has 1 heterocycles. The molecule has 0 fully saturated rings. The maximum Gasteiger partial charge on any atom is 0.328 e. The van der Waals surface area contributed by atoms with Crippen molar-refractivity contribution in [3.63, 3.8) is 0 Å². The van der Waals surface area contributed by atoms with E-state index in [0.717, 1.165) is 0 Å². The molecule has 0 spiro atoms. The van der Waals surface area contributed by atoms with Crippen molar-refractivity contribution >= 4 is 17.9 Å². The van der Waals surface area contributed by atoms with Crippen LogP contribution in [0.5, 0.6) is 0 Å². The SMILES string of the molecule is Cc1nnc(NC(=O)N[C@@H](CO)C(=O)O)nc1C. The molecule has 18 heavy (non-hydrogen) atoms. The van der Waals surface area contributed by atoms with Crippen LogP contribution in [0.25, 0.3) is 0 Å². The first-order chi connectivity index (χ1) is 8.43. The van der Waals surface area contributed by atoms with Crippen molar-refractivity contribution in [1.82, 2.24) is 20.5 Å². The second kappa shape index (κ2) is 5.87. The van der Waals surface area contributed by atoms with Crippen LogP contribution in [0.4, 0.5) is 10.7 Å². The monoisotopic (exact) mass is 255 g/mol. The number of aliphatic carboxylic acids is 1. The lowest BCUT2D eigenvalue weighted by atomic mass is 10.3. The minimum absolute atomic E-state index is 0.0438. The topological polar surface area (TPSA) is 137 Å². The van der Waals surface area contributed by atoms with Gasteiger partial charge in [0.15, 0.2) is 6.04 Å². The molecule has 9 nitrogen and oxygen atoms in total. The van der Waals surface area contributed by atoms with Gasteiger partial charge in [-0.25, -0.2) is 14.6 Å². The van der Waals surface area contributed by atoms with Gasteiger partial charge < -0.3 is 15.5 Å². The van der Waals surface area contributed by atoms with Gasteiger partial charge in [0, 0.05) is 0 Å². The van der Waals surface area contributed by atoms with E-state index < -0.39 is 24.6 Å². The summed E-state index contributed by atoms with van der Waals surface area (Å²) in [6, 6.07) is -2.22. The number of urea groups is 1. The first-order valence-corrected chi connectivity index (χ1v) is 5.03. The maximum absolute atomic E-state index is 11.4. The highest BCUT2D eigenvalue weighted by atomic mass is 16.4. The molecule has 0 aliphatic rings. The number of amides is 2. The highest BCUT2D eigenvalue weighted by Crippen LogP contribution is 2.01. The van der Waals surface area contributed by atoms with Crippen LogP contribution in [-0.2, 0) is 4.79 Å². The van der Waals surface area contributed by atoms with Crippen LogP contribution in [0.1, 0.15) is 11.4 Å². The summed E-state index contributed by atoms with van der Waals surface area (Å²) in [7, 11) is 0. The van der Waals surface area contributed by atoms with E-state index in [-0.39, 0.29) is 5.95 Å². The second-order valence-electron chi connectivity index (χ2n) is 3.48. The van der Waals surface area contributed by atoms with Crippen molar-refractivity contribution < 1.29 is 19.8 Å². The average molecular weight is 255 g/mol. The molecule has 0 aliphatic carbocycles. The third-order valence-corrected chi connectivity index (χ3v) is 2.10. The number of nitrogens with one attached hydrogen (secondary N) is 2. The summed E-state index contributed by atoms with van der Waals surface area (Å²) in [6.07, 6.45) is 0. The van der Waals surface area contributed by atoms with Gasteiger partial charge in [-0.05, 0) is 13.8 Å². The van der Waals surface area contributed by atoms with Crippen molar-refractivity contribution in [1.29, 1.82) is 0 Å². The summed E-state index contributed by atoms with van der Waals surface area (Å²) in [5, 5.41) is 29.0. The van der Waals surface area contributed by atoms with Gasteiger partial charge in [0.1, 0.15) is 0 Å². The number of anilines is 1. The molecule has 98 valence electrons. The Kier molecular flexibility index (Phi) is 4.49. The van der Waals surface area contributed by atoms with E-state index in [4.69, 9.17) is 10.2 Å². The summed E-state index contributed by atoms with van der Waals surface area (Å²) >= 11 is 0. The highest BCUT2D eigenvalue weighted by Gasteiger charge is 2.19. The number of aliphatic hydroxyl groups excluding tert-OH is 1. The van der Waals surface area contributed by atoms with Crippen molar-refractivity contribution in [3.8, 4) is 0 Å². The highest BCUT2D eigenvalue weighted by molar-refractivity contribution is 5.90. The van der Waals surface area contributed by atoms with Crippen LogP contribution in [0, 0.1) is 13.8 Å². The van der Waals surface area contributed by atoms with Crippen LogP contribution in [0.3, 0.4) is 0 Å². The molecular weight excluding hydrogens is 242 g/mol. The van der Waals surface area contributed by atoms with E-state index >= 15 is 0 Å². The average Bonchev–Trinajstić information content (AvgIpc) is 2.30. The number of carboxylic acid groups (broad SMARTS) is 1. The van der Waals surface area contributed by atoms with E-state index in [1.165, 1.54) is 0 Å². The fourth-order valence-electron chi connectivity index (χ4n) is 0.991. The number of hydrogen-bond acceptors (Lipinski definition) is 6. The van der Waals surface area contributed by atoms with E-state index in [2.05, 4.69) is 20.5 Å².